The molecule has 3 aliphatic rings. The molecule has 2 fully saturated rings. The van der Waals surface area contributed by atoms with E-state index in [0.29, 0.717) is 12.0 Å². The van der Waals surface area contributed by atoms with Crippen LogP contribution in [0.1, 0.15) is 70.9 Å². The number of anilines is 1. The maximum Gasteiger partial charge on any atom is 0.306 e. The Kier molecular flexibility index (Phi) is 5.81. The second-order valence-corrected chi connectivity index (χ2v) is 12.5. The molecular weight excluding hydrogens is 430 g/mol. The molecule has 2 unspecified atom stereocenters. The molecule has 2 N–H and O–H groups in total. The predicted molar refractivity (Wildman–Crippen MR) is 135 cm³/mol. The standard InChI is InChI=1S/C27H37N3O2S/c1-26(2)9-10-27(3,4)22-14-17(5-6-21(22)26)23-16-33-25(29-23)30-11-7-19(8-12-30)28-15-18-13-20(18)24(31)32/h5-6,14,16,18-20,28H,7-13,15H2,1-4H3,(H,31,32). The summed E-state index contributed by atoms with van der Waals surface area (Å²) in [5.41, 5.74) is 5.75. The number of aliphatic carboxylic acids is 1. The van der Waals surface area contributed by atoms with Gasteiger partial charge in [0.05, 0.1) is 11.6 Å². The summed E-state index contributed by atoms with van der Waals surface area (Å²) < 4.78 is 0. The van der Waals surface area contributed by atoms with Crippen molar-refractivity contribution in [3.63, 3.8) is 0 Å². The largest absolute Gasteiger partial charge is 0.481 e. The fourth-order valence-electron chi connectivity index (χ4n) is 5.66. The van der Waals surface area contributed by atoms with Gasteiger partial charge in [0.1, 0.15) is 0 Å². The molecule has 5 rings (SSSR count). The van der Waals surface area contributed by atoms with Crippen LogP contribution in [0.4, 0.5) is 5.13 Å². The Balaban J connectivity index is 1.22. The van der Waals surface area contributed by atoms with Crippen molar-refractivity contribution in [3.05, 3.63) is 34.7 Å². The maximum atomic E-state index is 11.0. The smallest absolute Gasteiger partial charge is 0.306 e. The number of aromatic nitrogens is 1. The van der Waals surface area contributed by atoms with E-state index >= 15 is 0 Å². The lowest BCUT2D eigenvalue weighted by atomic mass is 9.63. The van der Waals surface area contributed by atoms with Gasteiger partial charge in [0.2, 0.25) is 0 Å². The molecule has 0 bridgehead atoms. The molecule has 0 spiro atoms. The van der Waals surface area contributed by atoms with Gasteiger partial charge < -0.3 is 15.3 Å². The summed E-state index contributed by atoms with van der Waals surface area (Å²) in [7, 11) is 0. The lowest BCUT2D eigenvalue weighted by Gasteiger charge is -2.42. The number of fused-ring (bicyclic) bond motifs is 1. The van der Waals surface area contributed by atoms with E-state index in [4.69, 9.17) is 10.1 Å². The van der Waals surface area contributed by atoms with E-state index in [9.17, 15) is 4.79 Å². The van der Waals surface area contributed by atoms with Crippen LogP contribution in [0.2, 0.25) is 0 Å². The summed E-state index contributed by atoms with van der Waals surface area (Å²) >= 11 is 1.75. The third-order valence-electron chi connectivity index (χ3n) is 8.31. The van der Waals surface area contributed by atoms with Crippen LogP contribution in [0.5, 0.6) is 0 Å². The quantitative estimate of drug-likeness (QED) is 0.592. The van der Waals surface area contributed by atoms with Crippen LogP contribution in [0.25, 0.3) is 11.3 Å². The van der Waals surface area contributed by atoms with Gasteiger partial charge in [-0.3, -0.25) is 4.79 Å². The molecule has 1 aliphatic heterocycles. The first-order valence-corrected chi connectivity index (χ1v) is 13.3. The Morgan fingerprint density at radius 3 is 2.52 bits per heavy atom. The molecule has 1 saturated carbocycles. The molecule has 0 amide bonds. The van der Waals surface area contributed by atoms with Gasteiger partial charge in [0.15, 0.2) is 5.13 Å². The first-order valence-electron chi connectivity index (χ1n) is 12.5. The molecule has 5 nitrogen and oxygen atoms in total. The second kappa shape index (κ2) is 8.38. The van der Waals surface area contributed by atoms with E-state index in [2.05, 4.69) is 61.5 Å². The highest BCUT2D eigenvalue weighted by Gasteiger charge is 2.43. The minimum Gasteiger partial charge on any atom is -0.481 e. The zero-order valence-corrected chi connectivity index (χ0v) is 21.2. The molecular formula is C27H37N3O2S. The Morgan fingerprint density at radius 2 is 1.85 bits per heavy atom. The number of thiazole rings is 1. The van der Waals surface area contributed by atoms with Gasteiger partial charge in [-0.15, -0.1) is 11.3 Å². The van der Waals surface area contributed by atoms with Crippen LogP contribution < -0.4 is 10.2 Å². The predicted octanol–water partition coefficient (Wildman–Crippen LogP) is 5.44. The van der Waals surface area contributed by atoms with Gasteiger partial charge in [0.25, 0.3) is 0 Å². The molecule has 1 aromatic carbocycles. The molecule has 2 aromatic rings. The Morgan fingerprint density at radius 1 is 1.15 bits per heavy atom. The fraction of sp³-hybridized carbons (Fsp3) is 0.630. The first-order chi connectivity index (χ1) is 15.6. The lowest BCUT2D eigenvalue weighted by Crippen LogP contribution is -2.43. The van der Waals surface area contributed by atoms with Gasteiger partial charge in [0, 0.05) is 30.1 Å². The van der Waals surface area contributed by atoms with Crippen molar-refractivity contribution in [1.29, 1.82) is 0 Å². The van der Waals surface area contributed by atoms with Crippen LogP contribution in [0.3, 0.4) is 0 Å². The van der Waals surface area contributed by atoms with Gasteiger partial charge >= 0.3 is 5.97 Å². The van der Waals surface area contributed by atoms with Crippen LogP contribution in [0.15, 0.2) is 23.6 Å². The number of nitrogens with one attached hydrogen (secondary N) is 1. The van der Waals surface area contributed by atoms with Crippen molar-refractivity contribution in [3.8, 4) is 11.3 Å². The van der Waals surface area contributed by atoms with E-state index in [-0.39, 0.29) is 16.7 Å². The average molecular weight is 468 g/mol. The van der Waals surface area contributed by atoms with E-state index in [1.807, 2.05) is 0 Å². The SMILES string of the molecule is CC1(C)CCC(C)(C)c2cc(-c3csc(N4CCC(NCC5CC5C(=O)O)CC4)n3)ccc21. The number of piperidine rings is 1. The van der Waals surface area contributed by atoms with Gasteiger partial charge in [-0.2, -0.15) is 0 Å². The van der Waals surface area contributed by atoms with Gasteiger partial charge in [-0.25, -0.2) is 4.98 Å². The number of nitrogens with zero attached hydrogens (tertiary/aromatic N) is 2. The van der Waals surface area contributed by atoms with Crippen LogP contribution in [-0.2, 0) is 15.6 Å². The van der Waals surface area contributed by atoms with Gasteiger partial charge in [-0.1, -0.05) is 39.8 Å². The third-order valence-corrected chi connectivity index (χ3v) is 9.22. The van der Waals surface area contributed by atoms with Crippen LogP contribution in [0, 0.1) is 11.8 Å². The highest BCUT2D eigenvalue weighted by Crippen LogP contribution is 2.47. The van der Waals surface area contributed by atoms with Crippen molar-refractivity contribution in [2.75, 3.05) is 24.5 Å². The maximum absolute atomic E-state index is 11.0. The molecule has 2 heterocycles. The Bertz CT molecular complexity index is 1040. The monoisotopic (exact) mass is 467 g/mol. The summed E-state index contributed by atoms with van der Waals surface area (Å²) in [6, 6.07) is 7.49. The highest BCUT2D eigenvalue weighted by molar-refractivity contribution is 7.14. The number of hydrogen-bond donors (Lipinski definition) is 2. The number of carbonyl (C=O) groups is 1. The summed E-state index contributed by atoms with van der Waals surface area (Å²) in [5, 5.41) is 16.0. The number of hydrogen-bond acceptors (Lipinski definition) is 5. The molecule has 6 heteroatoms. The molecule has 1 aromatic heterocycles. The molecule has 2 atom stereocenters. The molecule has 1 saturated heterocycles. The molecule has 2 aliphatic carbocycles. The summed E-state index contributed by atoms with van der Waals surface area (Å²) in [6.45, 7) is 12.3. The molecule has 0 radical (unpaired) electrons. The van der Waals surface area contributed by atoms with Crippen molar-refractivity contribution in [1.82, 2.24) is 10.3 Å². The van der Waals surface area contributed by atoms with Crippen molar-refractivity contribution >= 4 is 22.4 Å². The summed E-state index contributed by atoms with van der Waals surface area (Å²) in [6.07, 6.45) is 5.46. The van der Waals surface area contributed by atoms with Crippen LogP contribution in [-0.4, -0.2) is 41.7 Å². The number of carboxylic acids is 1. The third kappa shape index (κ3) is 4.57. The van der Waals surface area contributed by atoms with E-state index < -0.39 is 5.97 Å². The average Bonchev–Trinajstić information content (AvgIpc) is 3.42. The molecule has 33 heavy (non-hydrogen) atoms. The number of carboxylic acid groups (broad SMARTS) is 1. The normalized spacial score (nSPS) is 26.1. The second-order valence-electron chi connectivity index (χ2n) is 11.7. The minimum absolute atomic E-state index is 0.119. The lowest BCUT2D eigenvalue weighted by molar-refractivity contribution is -0.138. The number of benzene rings is 1. The number of rotatable bonds is 6. The molecule has 178 valence electrons. The van der Waals surface area contributed by atoms with Crippen molar-refractivity contribution in [2.24, 2.45) is 11.8 Å². The zero-order valence-electron chi connectivity index (χ0n) is 20.4. The fourth-order valence-corrected chi connectivity index (χ4v) is 6.55. The van der Waals surface area contributed by atoms with E-state index in [1.54, 1.807) is 11.3 Å². The zero-order chi connectivity index (χ0) is 23.4. The van der Waals surface area contributed by atoms with Crippen molar-refractivity contribution < 1.29 is 9.90 Å². The topological polar surface area (TPSA) is 65.5 Å². The van der Waals surface area contributed by atoms with Crippen LogP contribution >= 0.6 is 11.3 Å². The van der Waals surface area contributed by atoms with Crippen molar-refractivity contribution in [2.45, 2.75) is 76.7 Å². The van der Waals surface area contributed by atoms with E-state index in [1.165, 1.54) is 29.5 Å². The summed E-state index contributed by atoms with van der Waals surface area (Å²) in [4.78, 5) is 18.5. The highest BCUT2D eigenvalue weighted by atomic mass is 32.1. The Labute approximate surface area is 201 Å². The first kappa shape index (κ1) is 22.9. The Hall–Kier alpha value is -1.92. The minimum atomic E-state index is -0.637. The summed E-state index contributed by atoms with van der Waals surface area (Å²) in [5.74, 6) is -0.428. The van der Waals surface area contributed by atoms with E-state index in [0.717, 1.165) is 49.7 Å². The van der Waals surface area contributed by atoms with Gasteiger partial charge in [-0.05, 0) is 72.6 Å².